The number of hydrogen-bond donors (Lipinski definition) is 2. The van der Waals surface area contributed by atoms with Crippen LogP contribution in [0.15, 0.2) is 29.2 Å². The normalized spacial score (nSPS) is 20.0. The molecule has 106 valence electrons. The van der Waals surface area contributed by atoms with Gasteiger partial charge < -0.3 is 10.4 Å². The number of aliphatic hydroxyl groups is 1. The minimum absolute atomic E-state index is 0.309. The van der Waals surface area contributed by atoms with Crippen LogP contribution in [0.5, 0.6) is 0 Å². The summed E-state index contributed by atoms with van der Waals surface area (Å²) in [6.45, 7) is 3.55. The molecule has 19 heavy (non-hydrogen) atoms. The largest absolute Gasteiger partial charge is 0.396 e. The van der Waals surface area contributed by atoms with E-state index in [9.17, 15) is 0 Å². The van der Waals surface area contributed by atoms with Gasteiger partial charge in [0.25, 0.3) is 0 Å². The molecular formula is C16H25NOS. The fourth-order valence-electron chi connectivity index (χ4n) is 2.80. The van der Waals surface area contributed by atoms with E-state index in [0.29, 0.717) is 18.6 Å². The highest BCUT2D eigenvalue weighted by molar-refractivity contribution is 7.99. The second-order valence-corrected chi connectivity index (χ2v) is 6.44. The van der Waals surface area contributed by atoms with Crippen LogP contribution in [-0.2, 0) is 0 Å². The van der Waals surface area contributed by atoms with Crippen molar-refractivity contribution >= 4 is 11.8 Å². The maximum absolute atomic E-state index is 9.13. The molecule has 0 bridgehead atoms. The molecule has 1 aromatic carbocycles. The molecule has 0 fully saturated rings. The fourth-order valence-corrected chi connectivity index (χ4v) is 3.93. The average Bonchev–Trinajstić information content (AvgIpc) is 2.45. The van der Waals surface area contributed by atoms with Crippen molar-refractivity contribution in [2.45, 2.75) is 43.5 Å². The van der Waals surface area contributed by atoms with Crippen LogP contribution in [0, 0.1) is 5.92 Å². The van der Waals surface area contributed by atoms with E-state index < -0.39 is 0 Å². The van der Waals surface area contributed by atoms with Crippen molar-refractivity contribution in [2.75, 3.05) is 18.9 Å². The van der Waals surface area contributed by atoms with Gasteiger partial charge in [-0.05, 0) is 49.1 Å². The zero-order valence-electron chi connectivity index (χ0n) is 11.8. The Kier molecular flexibility index (Phi) is 6.21. The van der Waals surface area contributed by atoms with Crippen molar-refractivity contribution in [3.05, 3.63) is 29.8 Å². The lowest BCUT2D eigenvalue weighted by molar-refractivity contribution is 0.244. The highest BCUT2D eigenvalue weighted by atomic mass is 32.2. The van der Waals surface area contributed by atoms with E-state index in [0.717, 1.165) is 13.0 Å². The predicted octanol–water partition coefficient (Wildman–Crippen LogP) is 3.61. The topological polar surface area (TPSA) is 32.3 Å². The van der Waals surface area contributed by atoms with Crippen LogP contribution in [0.1, 0.15) is 44.2 Å². The highest BCUT2D eigenvalue weighted by Gasteiger charge is 2.20. The summed E-state index contributed by atoms with van der Waals surface area (Å²) in [4.78, 5) is 1.43. The smallest absolute Gasteiger partial charge is 0.0434 e. The number of aliphatic hydroxyl groups excluding tert-OH is 1. The van der Waals surface area contributed by atoms with E-state index >= 15 is 0 Å². The molecule has 0 saturated heterocycles. The highest BCUT2D eigenvalue weighted by Crippen LogP contribution is 2.35. The maximum atomic E-state index is 9.13. The Morgan fingerprint density at radius 3 is 3.00 bits per heavy atom. The number of benzene rings is 1. The van der Waals surface area contributed by atoms with Crippen molar-refractivity contribution in [1.29, 1.82) is 0 Å². The first-order valence-corrected chi connectivity index (χ1v) is 8.39. The lowest BCUT2D eigenvalue weighted by Crippen LogP contribution is -2.30. The lowest BCUT2D eigenvalue weighted by Gasteiger charge is -2.28. The SMILES string of the molecule is CCCC(CCO)CNC1CCSc2ccccc21. The Labute approximate surface area is 121 Å². The van der Waals surface area contributed by atoms with Gasteiger partial charge >= 0.3 is 0 Å². The van der Waals surface area contributed by atoms with Crippen LogP contribution in [0.25, 0.3) is 0 Å². The van der Waals surface area contributed by atoms with Gasteiger partial charge in [0.15, 0.2) is 0 Å². The molecule has 2 rings (SSSR count). The molecule has 1 aromatic rings. The van der Waals surface area contributed by atoms with Crippen LogP contribution >= 0.6 is 11.8 Å². The van der Waals surface area contributed by atoms with Gasteiger partial charge in [-0.15, -0.1) is 11.8 Å². The summed E-state index contributed by atoms with van der Waals surface area (Å²) >= 11 is 1.97. The second kappa shape index (κ2) is 7.93. The third kappa shape index (κ3) is 4.23. The Hall–Kier alpha value is -0.510. The first-order chi connectivity index (χ1) is 9.35. The third-order valence-electron chi connectivity index (χ3n) is 3.85. The summed E-state index contributed by atoms with van der Waals surface area (Å²) in [6.07, 6.45) is 4.53. The second-order valence-electron chi connectivity index (χ2n) is 5.30. The van der Waals surface area contributed by atoms with E-state index in [1.165, 1.54) is 35.5 Å². The van der Waals surface area contributed by atoms with Gasteiger partial charge in [-0.25, -0.2) is 0 Å². The quantitative estimate of drug-likeness (QED) is 0.799. The van der Waals surface area contributed by atoms with Crippen LogP contribution < -0.4 is 5.32 Å². The first kappa shape index (κ1) is 14.9. The Morgan fingerprint density at radius 1 is 1.37 bits per heavy atom. The Bertz CT molecular complexity index is 377. The zero-order valence-corrected chi connectivity index (χ0v) is 12.6. The standard InChI is InChI=1S/C16H25NOS/c1-2-5-13(8-10-18)12-17-15-9-11-19-16-7-4-3-6-14(15)16/h3-4,6-7,13,15,17-18H,2,5,8-12H2,1H3. The minimum Gasteiger partial charge on any atom is -0.396 e. The molecule has 1 heterocycles. The monoisotopic (exact) mass is 279 g/mol. The number of fused-ring (bicyclic) bond motifs is 1. The van der Waals surface area contributed by atoms with E-state index in [4.69, 9.17) is 5.11 Å². The lowest BCUT2D eigenvalue weighted by atomic mass is 9.98. The van der Waals surface area contributed by atoms with Crippen molar-refractivity contribution < 1.29 is 5.11 Å². The molecule has 2 atom stereocenters. The molecule has 0 aromatic heterocycles. The molecule has 1 aliphatic rings. The summed E-state index contributed by atoms with van der Waals surface area (Å²) in [5, 5.41) is 12.8. The molecule has 0 saturated carbocycles. The average molecular weight is 279 g/mol. The van der Waals surface area contributed by atoms with E-state index in [-0.39, 0.29) is 0 Å². The van der Waals surface area contributed by atoms with Crippen molar-refractivity contribution in [3.8, 4) is 0 Å². The molecule has 3 heteroatoms. The predicted molar refractivity (Wildman–Crippen MR) is 82.6 cm³/mol. The van der Waals surface area contributed by atoms with Crippen LogP contribution in [0.3, 0.4) is 0 Å². The molecule has 0 radical (unpaired) electrons. The minimum atomic E-state index is 0.309. The van der Waals surface area contributed by atoms with E-state index in [2.05, 4.69) is 36.5 Å². The van der Waals surface area contributed by atoms with Crippen LogP contribution in [0.4, 0.5) is 0 Å². The number of thioether (sulfide) groups is 1. The van der Waals surface area contributed by atoms with Gasteiger partial charge in [-0.3, -0.25) is 0 Å². The number of nitrogens with one attached hydrogen (secondary N) is 1. The summed E-state index contributed by atoms with van der Waals surface area (Å²) in [6, 6.07) is 9.23. The molecule has 0 spiro atoms. The Morgan fingerprint density at radius 2 is 2.21 bits per heavy atom. The molecule has 2 unspecified atom stereocenters. The fraction of sp³-hybridized carbons (Fsp3) is 0.625. The molecule has 1 aliphatic heterocycles. The van der Waals surface area contributed by atoms with E-state index in [1.807, 2.05) is 11.8 Å². The zero-order chi connectivity index (χ0) is 13.5. The first-order valence-electron chi connectivity index (χ1n) is 7.41. The maximum Gasteiger partial charge on any atom is 0.0434 e. The molecule has 0 amide bonds. The Balaban J connectivity index is 1.92. The molecule has 0 aliphatic carbocycles. The van der Waals surface area contributed by atoms with Gasteiger partial charge in [0.05, 0.1) is 0 Å². The van der Waals surface area contributed by atoms with Crippen LogP contribution in [0.2, 0.25) is 0 Å². The molecular weight excluding hydrogens is 254 g/mol. The van der Waals surface area contributed by atoms with Crippen LogP contribution in [-0.4, -0.2) is 24.0 Å². The van der Waals surface area contributed by atoms with Gasteiger partial charge in [0.2, 0.25) is 0 Å². The van der Waals surface area contributed by atoms with Crippen molar-refractivity contribution in [1.82, 2.24) is 5.32 Å². The summed E-state index contributed by atoms with van der Waals surface area (Å²) < 4.78 is 0. The van der Waals surface area contributed by atoms with Gasteiger partial charge in [0, 0.05) is 17.5 Å². The van der Waals surface area contributed by atoms with Gasteiger partial charge in [0.1, 0.15) is 0 Å². The molecule has 2 nitrogen and oxygen atoms in total. The summed E-state index contributed by atoms with van der Waals surface area (Å²) in [7, 11) is 0. The van der Waals surface area contributed by atoms with Gasteiger partial charge in [-0.2, -0.15) is 0 Å². The van der Waals surface area contributed by atoms with E-state index in [1.54, 1.807) is 0 Å². The number of hydrogen-bond acceptors (Lipinski definition) is 3. The van der Waals surface area contributed by atoms with Gasteiger partial charge in [-0.1, -0.05) is 31.5 Å². The van der Waals surface area contributed by atoms with Crippen molar-refractivity contribution in [2.24, 2.45) is 5.92 Å². The third-order valence-corrected chi connectivity index (χ3v) is 4.97. The summed E-state index contributed by atoms with van der Waals surface area (Å²) in [5.41, 5.74) is 1.46. The van der Waals surface area contributed by atoms with Crippen molar-refractivity contribution in [3.63, 3.8) is 0 Å². The summed E-state index contributed by atoms with van der Waals surface area (Å²) in [5.74, 6) is 1.81. The molecule has 2 N–H and O–H groups in total. The number of rotatable bonds is 7.